The van der Waals surface area contributed by atoms with Crippen LogP contribution < -0.4 is 11.1 Å². The van der Waals surface area contributed by atoms with Gasteiger partial charge in [0, 0.05) is 13.1 Å². The van der Waals surface area contributed by atoms with Gasteiger partial charge in [-0.1, -0.05) is 19.8 Å². The highest BCUT2D eigenvalue weighted by atomic mass is 16.1. The summed E-state index contributed by atoms with van der Waals surface area (Å²) in [6.45, 7) is 2.10. The van der Waals surface area contributed by atoms with Gasteiger partial charge in [0.25, 0.3) is 5.91 Å². The van der Waals surface area contributed by atoms with Crippen molar-refractivity contribution in [3.63, 3.8) is 0 Å². The van der Waals surface area contributed by atoms with Gasteiger partial charge in [-0.2, -0.15) is 5.10 Å². The van der Waals surface area contributed by atoms with Crippen LogP contribution in [0.5, 0.6) is 0 Å². The summed E-state index contributed by atoms with van der Waals surface area (Å²) in [5.41, 5.74) is 6.25. The fraction of sp³-hybridized carbons (Fsp3) is 0.667. The number of nitrogens with zero attached hydrogens (tertiary/aromatic N) is 2. The minimum atomic E-state index is -0.108. The fourth-order valence-electron chi connectivity index (χ4n) is 1.97. The van der Waals surface area contributed by atoms with Crippen molar-refractivity contribution in [1.29, 1.82) is 0 Å². The van der Waals surface area contributed by atoms with Gasteiger partial charge in [-0.05, 0) is 18.8 Å². The van der Waals surface area contributed by atoms with Gasteiger partial charge in [-0.15, -0.1) is 0 Å². The van der Waals surface area contributed by atoms with Crippen molar-refractivity contribution in [2.45, 2.75) is 38.6 Å². The maximum Gasteiger partial charge on any atom is 0.256 e. The fourth-order valence-corrected chi connectivity index (χ4v) is 1.97. The van der Waals surface area contributed by atoms with Crippen molar-refractivity contribution < 1.29 is 4.79 Å². The highest BCUT2D eigenvalue weighted by molar-refractivity contribution is 5.98. The summed E-state index contributed by atoms with van der Waals surface area (Å²) in [5, 5.41) is 7.01. The topological polar surface area (TPSA) is 72.9 Å². The monoisotopic (exact) mass is 236 g/mol. The van der Waals surface area contributed by atoms with Gasteiger partial charge in [0.1, 0.15) is 11.4 Å². The molecule has 0 spiro atoms. The van der Waals surface area contributed by atoms with Crippen molar-refractivity contribution in [3.8, 4) is 0 Å². The van der Waals surface area contributed by atoms with E-state index in [1.807, 2.05) is 0 Å². The molecule has 1 fully saturated rings. The molecule has 3 N–H and O–H groups in total. The minimum absolute atomic E-state index is 0.108. The third-order valence-corrected chi connectivity index (χ3v) is 3.37. The third kappa shape index (κ3) is 2.78. The number of rotatable bonds is 5. The van der Waals surface area contributed by atoms with E-state index in [2.05, 4.69) is 17.3 Å². The molecule has 1 heterocycles. The molecule has 1 amide bonds. The van der Waals surface area contributed by atoms with Crippen molar-refractivity contribution in [2.24, 2.45) is 13.0 Å². The summed E-state index contributed by atoms with van der Waals surface area (Å²) in [5.74, 6) is 1.12. The Morgan fingerprint density at radius 2 is 2.41 bits per heavy atom. The van der Waals surface area contributed by atoms with Gasteiger partial charge < -0.3 is 11.1 Å². The van der Waals surface area contributed by atoms with E-state index in [-0.39, 0.29) is 11.9 Å². The second-order valence-corrected chi connectivity index (χ2v) is 4.82. The number of nitrogen functional groups attached to an aromatic ring is 1. The number of nitrogens with two attached hydrogens (primary N) is 1. The van der Waals surface area contributed by atoms with E-state index in [0.717, 1.165) is 18.8 Å². The van der Waals surface area contributed by atoms with E-state index in [9.17, 15) is 4.79 Å². The van der Waals surface area contributed by atoms with Crippen LogP contribution in [0.15, 0.2) is 6.20 Å². The predicted molar refractivity (Wildman–Crippen MR) is 66.5 cm³/mol. The van der Waals surface area contributed by atoms with Crippen LogP contribution in [0.25, 0.3) is 0 Å². The Balaban J connectivity index is 1.96. The first kappa shape index (κ1) is 12.0. The number of hydrogen-bond acceptors (Lipinski definition) is 3. The number of amides is 1. The van der Waals surface area contributed by atoms with Crippen LogP contribution in [-0.4, -0.2) is 21.7 Å². The van der Waals surface area contributed by atoms with Crippen molar-refractivity contribution in [1.82, 2.24) is 15.1 Å². The van der Waals surface area contributed by atoms with E-state index in [1.54, 1.807) is 7.05 Å². The Morgan fingerprint density at radius 3 is 2.88 bits per heavy atom. The van der Waals surface area contributed by atoms with Crippen LogP contribution in [0.1, 0.15) is 43.0 Å². The van der Waals surface area contributed by atoms with Gasteiger partial charge in [-0.25, -0.2) is 0 Å². The molecular formula is C12H20N4O. The molecule has 0 aromatic carbocycles. The molecule has 1 aliphatic rings. The largest absolute Gasteiger partial charge is 0.383 e. The molecule has 94 valence electrons. The summed E-state index contributed by atoms with van der Waals surface area (Å²) in [7, 11) is 1.73. The smallest absolute Gasteiger partial charge is 0.256 e. The van der Waals surface area contributed by atoms with Crippen LogP contribution >= 0.6 is 0 Å². The number of hydrogen-bond donors (Lipinski definition) is 2. The van der Waals surface area contributed by atoms with E-state index in [0.29, 0.717) is 11.4 Å². The zero-order valence-electron chi connectivity index (χ0n) is 10.4. The molecule has 0 saturated heterocycles. The summed E-state index contributed by atoms with van der Waals surface area (Å²) >= 11 is 0. The third-order valence-electron chi connectivity index (χ3n) is 3.37. The molecule has 0 bridgehead atoms. The number of aryl methyl sites for hydroxylation is 1. The number of carbonyl (C=O) groups excluding carboxylic acids is 1. The lowest BCUT2D eigenvalue weighted by molar-refractivity contribution is 0.0933. The number of anilines is 1. The normalized spacial score (nSPS) is 16.8. The van der Waals surface area contributed by atoms with Gasteiger partial charge in [0.05, 0.1) is 6.20 Å². The first-order valence-corrected chi connectivity index (χ1v) is 6.20. The molecule has 17 heavy (non-hydrogen) atoms. The predicted octanol–water partition coefficient (Wildman–Crippen LogP) is 1.31. The zero-order valence-corrected chi connectivity index (χ0v) is 10.4. The summed E-state index contributed by atoms with van der Waals surface area (Å²) in [6.07, 6.45) is 6.18. The Hall–Kier alpha value is -1.52. The van der Waals surface area contributed by atoms with Crippen LogP contribution in [0.4, 0.5) is 5.82 Å². The lowest BCUT2D eigenvalue weighted by Gasteiger charge is -2.16. The summed E-state index contributed by atoms with van der Waals surface area (Å²) in [4.78, 5) is 12.0. The number of nitrogens with one attached hydrogen (secondary N) is 1. The minimum Gasteiger partial charge on any atom is -0.383 e. The average molecular weight is 236 g/mol. The Bertz CT molecular complexity index is 409. The standard InChI is InChI=1S/C12H20N4O/c1-3-9(6-8-4-5-8)15-12(17)10-7-14-16(2)11(10)13/h7-9H,3-6,13H2,1-2H3,(H,15,17). The Labute approximate surface area is 101 Å². The molecule has 1 aliphatic carbocycles. The second-order valence-electron chi connectivity index (χ2n) is 4.82. The lowest BCUT2D eigenvalue weighted by atomic mass is 10.1. The molecule has 1 aromatic rings. The van der Waals surface area contributed by atoms with Crippen LogP contribution in [-0.2, 0) is 7.05 Å². The van der Waals surface area contributed by atoms with E-state index >= 15 is 0 Å². The maximum absolute atomic E-state index is 12.0. The molecule has 1 atom stereocenters. The van der Waals surface area contributed by atoms with Crippen molar-refractivity contribution in [3.05, 3.63) is 11.8 Å². The number of aromatic nitrogens is 2. The zero-order chi connectivity index (χ0) is 12.4. The SMILES string of the molecule is CCC(CC1CC1)NC(=O)c1cnn(C)c1N. The van der Waals surface area contributed by atoms with Crippen LogP contribution in [0, 0.1) is 5.92 Å². The highest BCUT2D eigenvalue weighted by Crippen LogP contribution is 2.34. The Morgan fingerprint density at radius 1 is 1.71 bits per heavy atom. The van der Waals surface area contributed by atoms with Gasteiger partial charge in [-0.3, -0.25) is 9.48 Å². The molecule has 0 aliphatic heterocycles. The summed E-state index contributed by atoms with van der Waals surface area (Å²) < 4.78 is 1.51. The lowest BCUT2D eigenvalue weighted by Crippen LogP contribution is -2.35. The van der Waals surface area contributed by atoms with Crippen LogP contribution in [0.2, 0.25) is 0 Å². The molecule has 0 radical (unpaired) electrons. The quantitative estimate of drug-likeness (QED) is 0.809. The molecule has 2 rings (SSSR count). The first-order chi connectivity index (χ1) is 8.11. The molecule has 5 heteroatoms. The first-order valence-electron chi connectivity index (χ1n) is 6.20. The highest BCUT2D eigenvalue weighted by Gasteiger charge is 2.26. The van der Waals surface area contributed by atoms with E-state index in [4.69, 9.17) is 5.73 Å². The van der Waals surface area contributed by atoms with E-state index < -0.39 is 0 Å². The van der Waals surface area contributed by atoms with Gasteiger partial charge in [0.2, 0.25) is 0 Å². The molecule has 1 unspecified atom stereocenters. The molecular weight excluding hydrogens is 216 g/mol. The van der Waals surface area contributed by atoms with Crippen LogP contribution in [0.3, 0.4) is 0 Å². The molecule has 5 nitrogen and oxygen atoms in total. The van der Waals surface area contributed by atoms with Crippen molar-refractivity contribution >= 4 is 11.7 Å². The Kier molecular flexibility index (Phi) is 3.36. The van der Waals surface area contributed by atoms with Gasteiger partial charge >= 0.3 is 0 Å². The second kappa shape index (κ2) is 4.77. The number of carbonyl (C=O) groups is 1. The van der Waals surface area contributed by atoms with E-state index in [1.165, 1.54) is 23.7 Å². The molecule has 1 saturated carbocycles. The molecule has 1 aromatic heterocycles. The van der Waals surface area contributed by atoms with Crippen molar-refractivity contribution in [2.75, 3.05) is 5.73 Å². The van der Waals surface area contributed by atoms with Gasteiger partial charge in [0.15, 0.2) is 0 Å². The maximum atomic E-state index is 12.0. The summed E-state index contributed by atoms with van der Waals surface area (Å²) in [6, 6.07) is 0.259. The average Bonchev–Trinajstić information content (AvgIpc) is 3.05.